The third kappa shape index (κ3) is 2.30. The zero-order chi connectivity index (χ0) is 12.4. The van der Waals surface area contributed by atoms with Gasteiger partial charge in [0.2, 0.25) is 5.91 Å². The summed E-state index contributed by atoms with van der Waals surface area (Å²) in [6.07, 6.45) is 1.86. The van der Waals surface area contributed by atoms with Crippen molar-refractivity contribution in [2.24, 2.45) is 5.10 Å². The molecule has 17 heavy (non-hydrogen) atoms. The number of pyridine rings is 1. The Morgan fingerprint density at radius 1 is 1.47 bits per heavy atom. The van der Waals surface area contributed by atoms with Gasteiger partial charge in [-0.25, -0.2) is 9.78 Å². The molecular weight excluding hydrogens is 222 g/mol. The van der Waals surface area contributed by atoms with Gasteiger partial charge in [0.1, 0.15) is 5.71 Å². The van der Waals surface area contributed by atoms with Crippen LogP contribution in [0.5, 0.6) is 0 Å². The van der Waals surface area contributed by atoms with Crippen LogP contribution in [0.15, 0.2) is 23.4 Å². The Kier molecular flexibility index (Phi) is 2.86. The number of hydrazone groups is 1. The molecule has 0 spiro atoms. The second-order valence-corrected chi connectivity index (χ2v) is 3.75. The first kappa shape index (κ1) is 11.3. The summed E-state index contributed by atoms with van der Waals surface area (Å²) in [6.45, 7) is 1.86. The van der Waals surface area contributed by atoms with Crippen molar-refractivity contribution >= 4 is 23.4 Å². The Morgan fingerprint density at radius 2 is 2.24 bits per heavy atom. The fourth-order valence-corrected chi connectivity index (χ4v) is 1.52. The van der Waals surface area contributed by atoms with Gasteiger partial charge >= 0.3 is 5.97 Å². The lowest BCUT2D eigenvalue weighted by Crippen LogP contribution is -2.34. The minimum Gasteiger partial charge on any atom is -0.477 e. The van der Waals surface area contributed by atoms with Crippen LogP contribution in [0.25, 0.3) is 0 Å². The monoisotopic (exact) mass is 233 g/mol. The molecule has 1 aliphatic heterocycles. The summed E-state index contributed by atoms with van der Waals surface area (Å²) >= 11 is 0. The van der Waals surface area contributed by atoms with Crippen molar-refractivity contribution in [1.29, 1.82) is 0 Å². The van der Waals surface area contributed by atoms with Crippen LogP contribution < -0.4 is 5.01 Å². The molecule has 1 N–H and O–H groups in total. The van der Waals surface area contributed by atoms with E-state index in [0.29, 0.717) is 5.82 Å². The first-order valence-corrected chi connectivity index (χ1v) is 5.14. The summed E-state index contributed by atoms with van der Waals surface area (Å²) in [5.74, 6) is -0.989. The van der Waals surface area contributed by atoms with Crippen LogP contribution in [-0.4, -0.2) is 27.7 Å². The molecule has 0 bridgehead atoms. The molecule has 0 atom stereocenters. The maximum atomic E-state index is 11.7. The highest BCUT2D eigenvalue weighted by Gasteiger charge is 2.25. The van der Waals surface area contributed by atoms with Crippen LogP contribution in [-0.2, 0) is 9.59 Å². The van der Waals surface area contributed by atoms with E-state index < -0.39 is 5.97 Å². The smallest absolute Gasteiger partial charge is 0.352 e. The summed E-state index contributed by atoms with van der Waals surface area (Å²) in [7, 11) is 0. The van der Waals surface area contributed by atoms with Crippen LogP contribution in [0.1, 0.15) is 18.4 Å². The van der Waals surface area contributed by atoms with Gasteiger partial charge in [0.25, 0.3) is 0 Å². The van der Waals surface area contributed by atoms with Gasteiger partial charge in [-0.3, -0.25) is 4.79 Å². The number of aryl methyl sites for hydroxylation is 1. The molecule has 2 rings (SSSR count). The molecule has 0 fully saturated rings. The first-order valence-electron chi connectivity index (χ1n) is 5.14. The molecule has 0 unspecified atom stereocenters. The molecule has 1 aliphatic rings. The number of hydrogen-bond acceptors (Lipinski definition) is 4. The number of hydrogen-bond donors (Lipinski definition) is 1. The molecule has 0 saturated carbocycles. The summed E-state index contributed by atoms with van der Waals surface area (Å²) in [4.78, 5) is 26.5. The molecule has 6 nitrogen and oxygen atoms in total. The van der Waals surface area contributed by atoms with Gasteiger partial charge in [0.05, 0.1) is 0 Å². The van der Waals surface area contributed by atoms with Crippen molar-refractivity contribution in [2.45, 2.75) is 19.8 Å². The maximum Gasteiger partial charge on any atom is 0.352 e. The average molecular weight is 233 g/mol. The number of nitrogens with zero attached hydrogens (tertiary/aromatic N) is 3. The molecule has 0 aromatic carbocycles. The fourth-order valence-electron chi connectivity index (χ4n) is 1.52. The van der Waals surface area contributed by atoms with Crippen molar-refractivity contribution in [1.82, 2.24) is 4.98 Å². The van der Waals surface area contributed by atoms with Gasteiger partial charge in [-0.05, 0) is 24.6 Å². The number of carboxylic acids is 1. The highest BCUT2D eigenvalue weighted by Crippen LogP contribution is 2.18. The first-order chi connectivity index (χ1) is 8.08. The van der Waals surface area contributed by atoms with E-state index >= 15 is 0 Å². The van der Waals surface area contributed by atoms with Gasteiger partial charge in [-0.2, -0.15) is 10.1 Å². The third-order valence-electron chi connectivity index (χ3n) is 2.40. The van der Waals surface area contributed by atoms with Crippen molar-refractivity contribution in [3.05, 3.63) is 23.9 Å². The van der Waals surface area contributed by atoms with Crippen LogP contribution >= 0.6 is 0 Å². The number of amides is 1. The number of anilines is 1. The Morgan fingerprint density at radius 3 is 2.88 bits per heavy atom. The van der Waals surface area contributed by atoms with Crippen molar-refractivity contribution in [2.75, 3.05) is 5.01 Å². The zero-order valence-corrected chi connectivity index (χ0v) is 9.25. The van der Waals surface area contributed by atoms with E-state index in [1.807, 2.05) is 6.92 Å². The number of carbonyl (C=O) groups excluding carboxylic acids is 1. The lowest BCUT2D eigenvalue weighted by atomic mass is 10.1. The van der Waals surface area contributed by atoms with E-state index in [9.17, 15) is 9.59 Å². The number of carbonyl (C=O) groups is 2. The lowest BCUT2D eigenvalue weighted by molar-refractivity contribution is -0.129. The maximum absolute atomic E-state index is 11.7. The van der Waals surface area contributed by atoms with E-state index in [1.54, 1.807) is 18.3 Å². The molecule has 6 heteroatoms. The molecule has 2 heterocycles. The van der Waals surface area contributed by atoms with E-state index in [0.717, 1.165) is 10.6 Å². The number of aliphatic carboxylic acids is 1. The minimum absolute atomic E-state index is 0.0205. The predicted molar refractivity (Wildman–Crippen MR) is 60.8 cm³/mol. The average Bonchev–Trinajstić information content (AvgIpc) is 2.29. The van der Waals surface area contributed by atoms with E-state index in [1.165, 1.54) is 0 Å². The SMILES string of the molecule is Cc1ccnc(N2N=C(C(=O)O)CCC2=O)c1. The number of rotatable bonds is 2. The van der Waals surface area contributed by atoms with Gasteiger partial charge < -0.3 is 5.11 Å². The highest BCUT2D eigenvalue weighted by atomic mass is 16.4. The van der Waals surface area contributed by atoms with Crippen molar-refractivity contribution in [3.8, 4) is 0 Å². The Hall–Kier alpha value is -2.24. The summed E-state index contributed by atoms with van der Waals surface area (Å²) in [5.41, 5.74) is 0.911. The molecular formula is C11H11N3O3. The van der Waals surface area contributed by atoms with Crippen molar-refractivity contribution < 1.29 is 14.7 Å². The van der Waals surface area contributed by atoms with Gasteiger partial charge in [-0.1, -0.05) is 0 Å². The van der Waals surface area contributed by atoms with Gasteiger partial charge in [0, 0.05) is 19.0 Å². The molecule has 1 aromatic heterocycles. The second kappa shape index (κ2) is 4.32. The fraction of sp³-hybridized carbons (Fsp3) is 0.273. The molecule has 0 saturated heterocycles. The minimum atomic E-state index is -1.10. The van der Waals surface area contributed by atoms with E-state index in [-0.39, 0.29) is 24.5 Å². The standard InChI is InChI=1S/C11H11N3O3/c1-7-4-5-12-9(6-7)14-10(15)3-2-8(13-14)11(16)17/h4-6H,2-3H2,1H3,(H,16,17). The molecule has 0 aliphatic carbocycles. The molecule has 1 amide bonds. The molecule has 88 valence electrons. The third-order valence-corrected chi connectivity index (χ3v) is 2.40. The number of carboxylic acid groups (broad SMARTS) is 1. The summed E-state index contributed by atoms with van der Waals surface area (Å²) in [6, 6.07) is 3.48. The van der Waals surface area contributed by atoms with Crippen LogP contribution in [0, 0.1) is 6.92 Å². The highest BCUT2D eigenvalue weighted by molar-refractivity contribution is 6.37. The quantitative estimate of drug-likeness (QED) is 0.824. The van der Waals surface area contributed by atoms with Crippen LogP contribution in [0.3, 0.4) is 0 Å². The zero-order valence-electron chi connectivity index (χ0n) is 9.25. The molecule has 0 radical (unpaired) electrons. The Labute approximate surface area is 97.6 Å². The Balaban J connectivity index is 2.39. The Bertz CT molecular complexity index is 510. The molecule has 1 aromatic rings. The van der Waals surface area contributed by atoms with Crippen molar-refractivity contribution in [3.63, 3.8) is 0 Å². The van der Waals surface area contributed by atoms with Crippen LogP contribution in [0.4, 0.5) is 5.82 Å². The number of aromatic nitrogens is 1. The topological polar surface area (TPSA) is 82.9 Å². The van der Waals surface area contributed by atoms with E-state index in [4.69, 9.17) is 5.11 Å². The second-order valence-electron chi connectivity index (χ2n) is 3.75. The predicted octanol–water partition coefficient (Wildman–Crippen LogP) is 0.957. The largest absolute Gasteiger partial charge is 0.477 e. The van der Waals surface area contributed by atoms with Crippen LogP contribution in [0.2, 0.25) is 0 Å². The lowest BCUT2D eigenvalue weighted by Gasteiger charge is -2.21. The van der Waals surface area contributed by atoms with Gasteiger partial charge in [0.15, 0.2) is 5.82 Å². The summed E-state index contributed by atoms with van der Waals surface area (Å²) < 4.78 is 0. The van der Waals surface area contributed by atoms with E-state index in [2.05, 4.69) is 10.1 Å². The normalized spacial score (nSPS) is 15.7. The summed E-state index contributed by atoms with van der Waals surface area (Å²) in [5, 5.41) is 13.7. The van der Waals surface area contributed by atoms with Gasteiger partial charge in [-0.15, -0.1) is 0 Å².